The van der Waals surface area contributed by atoms with E-state index in [1.807, 2.05) is 22.6 Å². The maximum absolute atomic E-state index is 13.9. The van der Waals surface area contributed by atoms with Gasteiger partial charge < -0.3 is 5.32 Å². The van der Waals surface area contributed by atoms with Gasteiger partial charge in [0, 0.05) is 3.57 Å². The number of nitrogens with one attached hydrogen (secondary N) is 1. The maximum atomic E-state index is 13.9. The van der Waals surface area contributed by atoms with Crippen LogP contribution in [0.2, 0.25) is 0 Å². The Morgan fingerprint density at radius 3 is 2.67 bits per heavy atom. The third-order valence-electron chi connectivity index (χ3n) is 4.00. The van der Waals surface area contributed by atoms with Gasteiger partial charge in [0.05, 0.1) is 16.5 Å². The highest BCUT2D eigenvalue weighted by molar-refractivity contribution is 14.1. The van der Waals surface area contributed by atoms with E-state index >= 15 is 0 Å². The van der Waals surface area contributed by atoms with Crippen LogP contribution in [0.4, 0.5) is 4.39 Å². The van der Waals surface area contributed by atoms with Crippen LogP contribution in [0, 0.1) is 9.39 Å². The van der Waals surface area contributed by atoms with Crippen molar-refractivity contribution in [1.82, 2.24) is 5.32 Å². The van der Waals surface area contributed by atoms with Gasteiger partial charge >= 0.3 is 0 Å². The molecule has 0 radical (unpaired) electrons. The minimum Gasteiger partial charge on any atom is -0.345 e. The standard InChI is InChI=1S/C16H14FIN2O3S/c17-14-8-10(18)2-4-13(14)16(21)20-15-6-1-9-7-11(24(19,22)23)3-5-12(9)15/h2-5,7-8,15H,1,6H2,(H,20,21)(H2,19,22,23)/t15-/m1/s1. The van der Waals surface area contributed by atoms with E-state index in [1.165, 1.54) is 24.3 Å². The molecule has 0 saturated carbocycles. The quantitative estimate of drug-likeness (QED) is 0.690. The monoisotopic (exact) mass is 460 g/mol. The highest BCUT2D eigenvalue weighted by Crippen LogP contribution is 2.32. The maximum Gasteiger partial charge on any atom is 0.254 e. The molecule has 0 fully saturated rings. The van der Waals surface area contributed by atoms with Gasteiger partial charge in [0.2, 0.25) is 10.0 Å². The molecule has 1 aliphatic carbocycles. The molecule has 1 atom stereocenters. The molecule has 24 heavy (non-hydrogen) atoms. The molecule has 0 saturated heterocycles. The number of amides is 1. The lowest BCUT2D eigenvalue weighted by Gasteiger charge is -2.15. The van der Waals surface area contributed by atoms with Crippen LogP contribution in [0.1, 0.15) is 33.9 Å². The fraction of sp³-hybridized carbons (Fsp3) is 0.188. The Morgan fingerprint density at radius 2 is 2.00 bits per heavy atom. The van der Waals surface area contributed by atoms with Gasteiger partial charge in [0.25, 0.3) is 5.91 Å². The normalized spacial score (nSPS) is 16.7. The van der Waals surface area contributed by atoms with Crippen LogP contribution < -0.4 is 10.5 Å². The summed E-state index contributed by atoms with van der Waals surface area (Å²) < 4.78 is 37.4. The predicted molar refractivity (Wildman–Crippen MR) is 95.5 cm³/mol. The number of hydrogen-bond acceptors (Lipinski definition) is 3. The molecule has 8 heteroatoms. The zero-order chi connectivity index (χ0) is 17.5. The average molecular weight is 460 g/mol. The number of aryl methyl sites for hydroxylation is 1. The van der Waals surface area contributed by atoms with Crippen LogP contribution in [0.25, 0.3) is 0 Å². The summed E-state index contributed by atoms with van der Waals surface area (Å²) in [5.41, 5.74) is 1.65. The number of halogens is 2. The molecule has 2 aromatic rings. The number of benzene rings is 2. The van der Waals surface area contributed by atoms with E-state index in [-0.39, 0.29) is 16.5 Å². The SMILES string of the molecule is NS(=O)(=O)c1ccc2c(c1)CC[C@H]2NC(=O)c1ccc(I)cc1F. The Balaban J connectivity index is 1.83. The van der Waals surface area contributed by atoms with E-state index in [2.05, 4.69) is 5.32 Å². The summed E-state index contributed by atoms with van der Waals surface area (Å²) in [4.78, 5) is 12.4. The lowest BCUT2D eigenvalue weighted by atomic mass is 10.1. The fourth-order valence-electron chi connectivity index (χ4n) is 2.83. The molecule has 0 aliphatic heterocycles. The largest absolute Gasteiger partial charge is 0.345 e. The third kappa shape index (κ3) is 3.45. The van der Waals surface area contributed by atoms with Crippen molar-refractivity contribution in [2.75, 3.05) is 0 Å². The summed E-state index contributed by atoms with van der Waals surface area (Å²) in [5.74, 6) is -1.06. The molecule has 0 heterocycles. The van der Waals surface area contributed by atoms with Gasteiger partial charge in [0.1, 0.15) is 5.82 Å². The number of hydrogen-bond donors (Lipinski definition) is 2. The van der Waals surface area contributed by atoms with Gasteiger partial charge in [-0.2, -0.15) is 0 Å². The highest BCUT2D eigenvalue weighted by atomic mass is 127. The van der Waals surface area contributed by atoms with Crippen molar-refractivity contribution in [2.24, 2.45) is 5.14 Å². The molecular weight excluding hydrogens is 446 g/mol. The van der Waals surface area contributed by atoms with Gasteiger partial charge in [-0.15, -0.1) is 0 Å². The minimum atomic E-state index is -3.76. The predicted octanol–water partition coefficient (Wildman–Crippen LogP) is 2.50. The first kappa shape index (κ1) is 17.3. The van der Waals surface area contributed by atoms with Gasteiger partial charge in [-0.25, -0.2) is 17.9 Å². The molecule has 0 bridgehead atoms. The second-order valence-electron chi connectivity index (χ2n) is 5.59. The summed E-state index contributed by atoms with van der Waals surface area (Å²) in [6, 6.07) is 8.74. The van der Waals surface area contributed by atoms with Crippen molar-refractivity contribution in [1.29, 1.82) is 0 Å². The van der Waals surface area contributed by atoms with Crippen molar-refractivity contribution in [2.45, 2.75) is 23.8 Å². The number of nitrogens with two attached hydrogens (primary N) is 1. The first-order valence-electron chi connectivity index (χ1n) is 7.17. The molecular formula is C16H14FIN2O3S. The molecule has 0 aromatic heterocycles. The first-order valence-corrected chi connectivity index (χ1v) is 9.80. The molecule has 5 nitrogen and oxygen atoms in total. The van der Waals surface area contributed by atoms with E-state index in [0.29, 0.717) is 16.4 Å². The summed E-state index contributed by atoms with van der Waals surface area (Å²) >= 11 is 1.97. The Bertz CT molecular complexity index is 931. The van der Waals surface area contributed by atoms with Crippen LogP contribution in [-0.2, 0) is 16.4 Å². The van der Waals surface area contributed by atoms with Gasteiger partial charge in [-0.05, 0) is 76.9 Å². The van der Waals surface area contributed by atoms with Gasteiger partial charge in [-0.3, -0.25) is 4.79 Å². The summed E-state index contributed by atoms with van der Waals surface area (Å²) in [6.45, 7) is 0. The molecule has 126 valence electrons. The van der Waals surface area contributed by atoms with E-state index < -0.39 is 21.7 Å². The summed E-state index contributed by atoms with van der Waals surface area (Å²) in [5, 5.41) is 7.94. The molecule has 1 amide bonds. The van der Waals surface area contributed by atoms with E-state index in [1.54, 1.807) is 12.1 Å². The first-order chi connectivity index (χ1) is 11.3. The number of carbonyl (C=O) groups excluding carboxylic acids is 1. The van der Waals surface area contributed by atoms with Crippen molar-refractivity contribution in [3.63, 3.8) is 0 Å². The van der Waals surface area contributed by atoms with E-state index in [4.69, 9.17) is 5.14 Å². The van der Waals surface area contributed by atoms with Crippen LogP contribution in [0.15, 0.2) is 41.3 Å². The lowest BCUT2D eigenvalue weighted by Crippen LogP contribution is -2.28. The minimum absolute atomic E-state index is 0.00924. The van der Waals surface area contributed by atoms with Crippen LogP contribution in [0.3, 0.4) is 0 Å². The van der Waals surface area contributed by atoms with Crippen molar-refractivity contribution in [3.05, 3.63) is 62.5 Å². The van der Waals surface area contributed by atoms with E-state index in [9.17, 15) is 17.6 Å². The number of rotatable bonds is 3. The second kappa shape index (κ2) is 6.41. The fourth-order valence-corrected chi connectivity index (χ4v) is 3.85. The Labute approximate surface area is 152 Å². The lowest BCUT2D eigenvalue weighted by molar-refractivity contribution is 0.0932. The molecule has 0 spiro atoms. The zero-order valence-corrected chi connectivity index (χ0v) is 15.4. The average Bonchev–Trinajstić information content (AvgIpc) is 2.88. The number of primary sulfonamides is 1. The van der Waals surface area contributed by atoms with Crippen LogP contribution in [-0.4, -0.2) is 14.3 Å². The van der Waals surface area contributed by atoms with Gasteiger partial charge in [0.15, 0.2) is 0 Å². The van der Waals surface area contributed by atoms with Crippen molar-refractivity contribution in [3.8, 4) is 0 Å². The number of sulfonamides is 1. The van der Waals surface area contributed by atoms with Crippen molar-refractivity contribution >= 4 is 38.5 Å². The zero-order valence-electron chi connectivity index (χ0n) is 12.4. The summed E-state index contributed by atoms with van der Waals surface area (Å²) in [7, 11) is -3.76. The number of fused-ring (bicyclic) bond motifs is 1. The van der Waals surface area contributed by atoms with Crippen molar-refractivity contribution < 1.29 is 17.6 Å². The number of carbonyl (C=O) groups is 1. The van der Waals surface area contributed by atoms with Crippen LogP contribution >= 0.6 is 22.6 Å². The third-order valence-corrected chi connectivity index (χ3v) is 5.58. The molecule has 0 unspecified atom stereocenters. The Kier molecular flexibility index (Phi) is 4.63. The molecule has 3 N–H and O–H groups in total. The summed E-state index contributed by atoms with van der Waals surface area (Å²) in [6.07, 6.45) is 1.25. The molecule has 2 aromatic carbocycles. The molecule has 1 aliphatic rings. The highest BCUT2D eigenvalue weighted by Gasteiger charge is 2.26. The Hall–Kier alpha value is -1.52. The molecule has 3 rings (SSSR count). The van der Waals surface area contributed by atoms with Crippen LogP contribution in [0.5, 0.6) is 0 Å². The Morgan fingerprint density at radius 1 is 1.25 bits per heavy atom. The topological polar surface area (TPSA) is 89.3 Å². The van der Waals surface area contributed by atoms with E-state index in [0.717, 1.165) is 11.1 Å². The second-order valence-corrected chi connectivity index (χ2v) is 8.40. The smallest absolute Gasteiger partial charge is 0.254 e. The van der Waals surface area contributed by atoms with Gasteiger partial charge in [-0.1, -0.05) is 6.07 Å².